The van der Waals surface area contributed by atoms with Gasteiger partial charge in [0.05, 0.1) is 6.10 Å². The molecule has 1 atom stereocenters. The summed E-state index contributed by atoms with van der Waals surface area (Å²) >= 11 is 5.69. The van der Waals surface area contributed by atoms with E-state index in [0.29, 0.717) is 17.1 Å². The lowest BCUT2D eigenvalue weighted by molar-refractivity contribution is 0.171. The van der Waals surface area contributed by atoms with E-state index in [1.165, 1.54) is 12.1 Å². The minimum absolute atomic E-state index is 0.281. The third-order valence-electron chi connectivity index (χ3n) is 1.99. The molecule has 0 aromatic heterocycles. The van der Waals surface area contributed by atoms with E-state index in [9.17, 15) is 9.50 Å². The zero-order valence-electron chi connectivity index (χ0n) is 8.80. The van der Waals surface area contributed by atoms with Crippen molar-refractivity contribution in [2.75, 3.05) is 6.54 Å². The van der Waals surface area contributed by atoms with Crippen LogP contribution in [0.15, 0.2) is 18.2 Å². The molecule has 1 unspecified atom stereocenters. The van der Waals surface area contributed by atoms with Crippen LogP contribution in [0.3, 0.4) is 0 Å². The van der Waals surface area contributed by atoms with Crippen LogP contribution in [-0.4, -0.2) is 17.7 Å². The molecule has 2 nitrogen and oxygen atoms in total. The number of hydrogen-bond donors (Lipinski definition) is 2. The summed E-state index contributed by atoms with van der Waals surface area (Å²) in [7, 11) is 0. The number of aliphatic hydroxyl groups is 1. The van der Waals surface area contributed by atoms with Gasteiger partial charge in [-0.05, 0) is 23.8 Å². The molecular formula is C11H15ClFNO. The molecule has 0 heterocycles. The Balaban J connectivity index is 2.68. The average molecular weight is 232 g/mol. The Hall–Kier alpha value is -0.640. The fourth-order valence-corrected chi connectivity index (χ4v) is 1.46. The van der Waals surface area contributed by atoms with Crippen molar-refractivity contribution >= 4 is 11.6 Å². The lowest BCUT2D eigenvalue weighted by atomic mass is 10.1. The van der Waals surface area contributed by atoms with E-state index in [-0.39, 0.29) is 6.04 Å². The topological polar surface area (TPSA) is 32.3 Å². The van der Waals surface area contributed by atoms with Gasteiger partial charge in [0.25, 0.3) is 0 Å². The third-order valence-corrected chi connectivity index (χ3v) is 2.21. The lowest BCUT2D eigenvalue weighted by Gasteiger charge is -2.14. The van der Waals surface area contributed by atoms with Crippen LogP contribution in [0.5, 0.6) is 0 Å². The number of nitrogens with one attached hydrogen (secondary N) is 1. The smallest absolute Gasteiger partial charge is 0.125 e. The Bertz CT molecular complexity index is 310. The van der Waals surface area contributed by atoms with E-state index < -0.39 is 11.9 Å². The van der Waals surface area contributed by atoms with Crippen molar-refractivity contribution in [2.24, 2.45) is 0 Å². The largest absolute Gasteiger partial charge is 0.387 e. The Morgan fingerprint density at radius 1 is 1.40 bits per heavy atom. The first-order valence-electron chi connectivity index (χ1n) is 4.86. The molecule has 1 aromatic rings. The standard InChI is InChI=1S/C11H15ClFNO/c1-7(2)14-6-11(15)8-3-9(12)5-10(13)4-8/h3-5,7,11,14-15H,6H2,1-2H3. The summed E-state index contributed by atoms with van der Waals surface area (Å²) in [5, 5.41) is 13.1. The molecule has 0 spiro atoms. The zero-order chi connectivity index (χ0) is 11.4. The van der Waals surface area contributed by atoms with Crippen LogP contribution in [0.4, 0.5) is 4.39 Å². The van der Waals surface area contributed by atoms with Crippen molar-refractivity contribution in [3.63, 3.8) is 0 Å². The Morgan fingerprint density at radius 2 is 2.07 bits per heavy atom. The first-order valence-corrected chi connectivity index (χ1v) is 5.24. The molecule has 0 aliphatic rings. The molecule has 0 aliphatic heterocycles. The minimum atomic E-state index is -0.736. The van der Waals surface area contributed by atoms with Crippen LogP contribution in [0.1, 0.15) is 25.5 Å². The second-order valence-corrected chi connectivity index (χ2v) is 4.22. The summed E-state index contributed by atoms with van der Waals surface area (Å²) in [5.74, 6) is -0.430. The second kappa shape index (κ2) is 5.45. The predicted molar refractivity (Wildman–Crippen MR) is 59.5 cm³/mol. The molecule has 1 aromatic carbocycles. The van der Waals surface area contributed by atoms with Crippen LogP contribution in [0, 0.1) is 5.82 Å². The van der Waals surface area contributed by atoms with Gasteiger partial charge in [-0.15, -0.1) is 0 Å². The van der Waals surface area contributed by atoms with Crippen molar-refractivity contribution in [1.29, 1.82) is 0 Å². The van der Waals surface area contributed by atoms with Gasteiger partial charge in [-0.25, -0.2) is 4.39 Å². The number of benzene rings is 1. The molecule has 4 heteroatoms. The molecule has 0 amide bonds. The van der Waals surface area contributed by atoms with E-state index in [1.54, 1.807) is 6.07 Å². The molecule has 0 radical (unpaired) electrons. The van der Waals surface area contributed by atoms with Crippen LogP contribution < -0.4 is 5.32 Å². The molecule has 84 valence electrons. The fourth-order valence-electron chi connectivity index (χ4n) is 1.23. The van der Waals surface area contributed by atoms with Crippen molar-refractivity contribution in [1.82, 2.24) is 5.32 Å². The van der Waals surface area contributed by atoms with Gasteiger partial charge in [0.2, 0.25) is 0 Å². The van der Waals surface area contributed by atoms with Crippen molar-refractivity contribution in [2.45, 2.75) is 26.0 Å². The monoisotopic (exact) mass is 231 g/mol. The SMILES string of the molecule is CC(C)NCC(O)c1cc(F)cc(Cl)c1. The molecule has 1 rings (SSSR count). The Kier molecular flexibility index (Phi) is 4.51. The zero-order valence-corrected chi connectivity index (χ0v) is 9.55. The van der Waals surface area contributed by atoms with Gasteiger partial charge in [0.1, 0.15) is 5.82 Å². The van der Waals surface area contributed by atoms with Crippen LogP contribution in [0.2, 0.25) is 5.02 Å². The molecule has 0 saturated carbocycles. The number of hydrogen-bond acceptors (Lipinski definition) is 2. The quantitative estimate of drug-likeness (QED) is 0.835. The summed E-state index contributed by atoms with van der Waals surface area (Å²) in [4.78, 5) is 0. The van der Waals surface area contributed by atoms with E-state index in [2.05, 4.69) is 5.32 Å². The molecule has 2 N–H and O–H groups in total. The first kappa shape index (κ1) is 12.4. The highest BCUT2D eigenvalue weighted by atomic mass is 35.5. The maximum atomic E-state index is 13.0. The predicted octanol–water partition coefficient (Wildman–Crippen LogP) is 2.51. The van der Waals surface area contributed by atoms with E-state index in [4.69, 9.17) is 11.6 Å². The third kappa shape index (κ3) is 4.16. The fraction of sp³-hybridized carbons (Fsp3) is 0.455. The number of rotatable bonds is 4. The summed E-state index contributed by atoms with van der Waals surface area (Å²) in [6, 6.07) is 4.35. The normalized spacial score (nSPS) is 13.2. The molecular weight excluding hydrogens is 217 g/mol. The summed E-state index contributed by atoms with van der Waals surface area (Å²) < 4.78 is 13.0. The maximum Gasteiger partial charge on any atom is 0.125 e. The van der Waals surface area contributed by atoms with Crippen molar-refractivity contribution in [3.05, 3.63) is 34.6 Å². The Labute approximate surface area is 94.1 Å². The van der Waals surface area contributed by atoms with Gasteiger partial charge in [0, 0.05) is 17.6 Å². The first-order chi connectivity index (χ1) is 6.99. The second-order valence-electron chi connectivity index (χ2n) is 3.78. The van der Waals surface area contributed by atoms with Crippen molar-refractivity contribution in [3.8, 4) is 0 Å². The van der Waals surface area contributed by atoms with Gasteiger partial charge in [0.15, 0.2) is 0 Å². The average Bonchev–Trinajstić information content (AvgIpc) is 2.12. The Morgan fingerprint density at radius 3 is 2.60 bits per heavy atom. The number of aliphatic hydroxyl groups excluding tert-OH is 1. The van der Waals surface area contributed by atoms with E-state index >= 15 is 0 Å². The van der Waals surface area contributed by atoms with Gasteiger partial charge in [-0.2, -0.15) is 0 Å². The number of halogens is 2. The van der Waals surface area contributed by atoms with Crippen molar-refractivity contribution < 1.29 is 9.50 Å². The molecule has 0 fully saturated rings. The summed E-state index contributed by atoms with van der Waals surface area (Å²) in [5.41, 5.74) is 0.494. The minimum Gasteiger partial charge on any atom is -0.387 e. The molecule has 0 saturated heterocycles. The highest BCUT2D eigenvalue weighted by molar-refractivity contribution is 6.30. The lowest BCUT2D eigenvalue weighted by Crippen LogP contribution is -2.27. The maximum absolute atomic E-state index is 13.0. The van der Waals surface area contributed by atoms with Gasteiger partial charge >= 0.3 is 0 Å². The highest BCUT2D eigenvalue weighted by Gasteiger charge is 2.09. The molecule has 0 bridgehead atoms. The molecule has 0 aliphatic carbocycles. The van der Waals surface area contributed by atoms with Crippen LogP contribution in [-0.2, 0) is 0 Å². The van der Waals surface area contributed by atoms with Crippen LogP contribution >= 0.6 is 11.6 Å². The van der Waals surface area contributed by atoms with Gasteiger partial charge in [-0.1, -0.05) is 25.4 Å². The van der Waals surface area contributed by atoms with Gasteiger partial charge < -0.3 is 10.4 Å². The van der Waals surface area contributed by atoms with E-state index in [0.717, 1.165) is 0 Å². The van der Waals surface area contributed by atoms with Crippen LogP contribution in [0.25, 0.3) is 0 Å². The summed E-state index contributed by atoms with van der Waals surface area (Å²) in [6.07, 6.45) is -0.736. The van der Waals surface area contributed by atoms with E-state index in [1.807, 2.05) is 13.8 Å². The highest BCUT2D eigenvalue weighted by Crippen LogP contribution is 2.19. The molecule has 15 heavy (non-hydrogen) atoms. The van der Waals surface area contributed by atoms with Gasteiger partial charge in [-0.3, -0.25) is 0 Å². The summed E-state index contributed by atoms with van der Waals surface area (Å²) in [6.45, 7) is 4.34.